The van der Waals surface area contributed by atoms with Crippen molar-refractivity contribution in [3.63, 3.8) is 0 Å². The van der Waals surface area contributed by atoms with Gasteiger partial charge in [-0.3, -0.25) is 0 Å². The molecular weight excluding hydrogens is 516 g/mol. The molecule has 198 valence electrons. The molecule has 0 aliphatic rings. The van der Waals surface area contributed by atoms with Crippen LogP contribution in [0.3, 0.4) is 0 Å². The second kappa shape index (κ2) is 12.1. The number of ether oxygens (including phenoxy) is 1. The number of thiazole rings is 1. The third-order valence-electron chi connectivity index (χ3n) is 5.52. The number of rotatable bonds is 10. The zero-order chi connectivity index (χ0) is 27.9. The maximum absolute atomic E-state index is 11.6. The number of carbonyl (C=O) groups is 1. The Hall–Kier alpha value is -4.96. The maximum Gasteiger partial charge on any atom is 0.330 e. The number of esters is 1. The molecule has 39 heavy (non-hydrogen) atoms. The minimum Gasteiger partial charge on any atom is -0.460 e. The molecule has 12 nitrogen and oxygen atoms in total. The van der Waals surface area contributed by atoms with Gasteiger partial charge in [-0.25, -0.2) is 14.8 Å². The summed E-state index contributed by atoms with van der Waals surface area (Å²) in [5.74, 6) is 0.264. The van der Waals surface area contributed by atoms with Gasteiger partial charge >= 0.3 is 5.97 Å². The number of pyridine rings is 1. The highest BCUT2D eigenvalue weighted by Gasteiger charge is 2.20. The highest BCUT2D eigenvalue weighted by molar-refractivity contribution is 7.12. The molecule has 0 aliphatic carbocycles. The fraction of sp³-hybridized carbons (Fsp3) is 0.231. The van der Waals surface area contributed by atoms with Gasteiger partial charge in [0.2, 0.25) is 5.13 Å². The number of aromatic nitrogens is 5. The number of nitrogens with zero attached hydrogens (tertiary/aromatic N) is 8. The van der Waals surface area contributed by atoms with Gasteiger partial charge in [0.05, 0.1) is 11.6 Å². The van der Waals surface area contributed by atoms with Gasteiger partial charge in [-0.2, -0.15) is 14.9 Å². The van der Waals surface area contributed by atoms with Crippen LogP contribution in [0.1, 0.15) is 29.2 Å². The van der Waals surface area contributed by atoms with Crippen LogP contribution in [0, 0.1) is 32.1 Å². The van der Waals surface area contributed by atoms with E-state index in [9.17, 15) is 10.1 Å². The molecule has 1 atom stereocenters. The summed E-state index contributed by atoms with van der Waals surface area (Å²) in [6.07, 6.45) is 4.26. The summed E-state index contributed by atoms with van der Waals surface area (Å²) >= 11 is 1.40. The van der Waals surface area contributed by atoms with Crippen molar-refractivity contribution in [2.24, 2.45) is 10.2 Å². The Morgan fingerprint density at radius 3 is 2.79 bits per heavy atom. The van der Waals surface area contributed by atoms with E-state index in [0.29, 0.717) is 33.6 Å². The molecule has 0 bridgehead atoms. The highest BCUT2D eigenvalue weighted by atomic mass is 32.1. The van der Waals surface area contributed by atoms with Crippen molar-refractivity contribution in [1.82, 2.24) is 24.7 Å². The topological polar surface area (TPSA) is 155 Å². The van der Waals surface area contributed by atoms with Crippen LogP contribution in [0.5, 0.6) is 0 Å². The maximum atomic E-state index is 11.6. The Morgan fingerprint density at radius 1 is 1.28 bits per heavy atom. The highest BCUT2D eigenvalue weighted by Crippen LogP contribution is 2.36. The van der Waals surface area contributed by atoms with E-state index in [-0.39, 0.29) is 18.6 Å². The Bertz CT molecular complexity index is 1570. The molecule has 1 unspecified atom stereocenters. The molecule has 0 radical (unpaired) electrons. The van der Waals surface area contributed by atoms with E-state index in [2.05, 4.69) is 48.6 Å². The second-order valence-electron chi connectivity index (χ2n) is 8.60. The average molecular weight is 543 g/mol. The predicted molar refractivity (Wildman–Crippen MR) is 148 cm³/mol. The van der Waals surface area contributed by atoms with Crippen molar-refractivity contribution >= 4 is 46.3 Å². The van der Waals surface area contributed by atoms with Gasteiger partial charge in [0, 0.05) is 28.9 Å². The van der Waals surface area contributed by atoms with Crippen LogP contribution in [-0.4, -0.2) is 43.4 Å². The lowest BCUT2D eigenvalue weighted by Gasteiger charge is -2.19. The average Bonchev–Trinajstić information content (AvgIpc) is 3.61. The van der Waals surface area contributed by atoms with Crippen LogP contribution >= 0.6 is 11.3 Å². The number of anilines is 3. The lowest BCUT2D eigenvalue weighted by molar-refractivity contribution is -0.137. The summed E-state index contributed by atoms with van der Waals surface area (Å²) in [6, 6.07) is 7.83. The summed E-state index contributed by atoms with van der Waals surface area (Å²) in [7, 11) is 0. The van der Waals surface area contributed by atoms with Gasteiger partial charge in [-0.05, 0) is 39.3 Å². The predicted octanol–water partition coefficient (Wildman–Crippen LogP) is 5.60. The smallest absolute Gasteiger partial charge is 0.330 e. The van der Waals surface area contributed by atoms with E-state index in [1.807, 2.05) is 44.4 Å². The molecule has 2 N–H and O–H groups in total. The fourth-order valence-corrected chi connectivity index (χ4v) is 4.14. The molecule has 0 saturated carbocycles. The van der Waals surface area contributed by atoms with Crippen LogP contribution < -0.4 is 10.6 Å². The van der Waals surface area contributed by atoms with Gasteiger partial charge in [-0.15, -0.1) is 26.7 Å². The second-order valence-corrected chi connectivity index (χ2v) is 9.47. The molecule has 0 spiro atoms. The van der Waals surface area contributed by atoms with Crippen molar-refractivity contribution in [2.75, 3.05) is 17.2 Å². The summed E-state index contributed by atoms with van der Waals surface area (Å²) in [4.78, 5) is 24.6. The summed E-state index contributed by atoms with van der Waals surface area (Å²) in [6.45, 7) is 11.0. The summed E-state index contributed by atoms with van der Waals surface area (Å²) < 4.78 is 6.66. The van der Waals surface area contributed by atoms with Crippen LogP contribution in [0.2, 0.25) is 0 Å². The van der Waals surface area contributed by atoms with E-state index >= 15 is 0 Å². The van der Waals surface area contributed by atoms with E-state index in [4.69, 9.17) is 9.72 Å². The quantitative estimate of drug-likeness (QED) is 0.148. The van der Waals surface area contributed by atoms with Gasteiger partial charge in [0.25, 0.3) is 5.95 Å². The molecule has 0 aliphatic heterocycles. The van der Waals surface area contributed by atoms with E-state index in [1.54, 1.807) is 13.1 Å². The van der Waals surface area contributed by atoms with Crippen molar-refractivity contribution in [3.8, 4) is 11.2 Å². The van der Waals surface area contributed by atoms with E-state index < -0.39 is 5.97 Å². The molecule has 3 heterocycles. The zero-order valence-electron chi connectivity index (χ0n) is 21.8. The Morgan fingerprint density at radius 2 is 2.10 bits per heavy atom. The number of hydrogen-bond donors (Lipinski definition) is 2. The van der Waals surface area contributed by atoms with Gasteiger partial charge in [0.15, 0.2) is 11.6 Å². The first-order valence-corrected chi connectivity index (χ1v) is 12.7. The van der Waals surface area contributed by atoms with Crippen LogP contribution in [0.15, 0.2) is 59.0 Å². The monoisotopic (exact) mass is 542 g/mol. The SMILES string of the molecule is C=CC(=O)OCC(C)Nc1nc(Nc2ccc(C)cc2C)c(C#N)c(C)c1N=Nc1ncn(-c2nccs2)n1. The molecule has 0 saturated heterocycles. The van der Waals surface area contributed by atoms with Gasteiger partial charge in [-0.1, -0.05) is 24.3 Å². The Labute approximate surface area is 229 Å². The summed E-state index contributed by atoms with van der Waals surface area (Å²) in [5.41, 5.74) is 4.11. The first-order chi connectivity index (χ1) is 18.8. The number of carbonyl (C=O) groups excluding carboxylic acids is 1. The molecule has 4 aromatic rings. The molecule has 13 heteroatoms. The largest absolute Gasteiger partial charge is 0.460 e. The summed E-state index contributed by atoms with van der Waals surface area (Å²) in [5, 5.41) is 31.8. The molecule has 1 aromatic carbocycles. The van der Waals surface area contributed by atoms with Crippen molar-refractivity contribution in [1.29, 1.82) is 5.26 Å². The van der Waals surface area contributed by atoms with Crippen molar-refractivity contribution in [2.45, 2.75) is 33.7 Å². The first kappa shape index (κ1) is 27.1. The van der Waals surface area contributed by atoms with Crippen molar-refractivity contribution in [3.05, 3.63) is 71.0 Å². The molecule has 0 fully saturated rings. The van der Waals surface area contributed by atoms with Gasteiger partial charge < -0.3 is 15.4 Å². The normalized spacial score (nSPS) is 11.7. The number of benzene rings is 1. The van der Waals surface area contributed by atoms with Gasteiger partial charge in [0.1, 0.15) is 24.7 Å². The Balaban J connectivity index is 1.72. The van der Waals surface area contributed by atoms with E-state index in [0.717, 1.165) is 22.9 Å². The molecule has 0 amide bonds. The van der Waals surface area contributed by atoms with E-state index in [1.165, 1.54) is 22.3 Å². The zero-order valence-corrected chi connectivity index (χ0v) is 22.7. The molecule has 4 rings (SSSR count). The van der Waals surface area contributed by atoms with Crippen LogP contribution in [0.25, 0.3) is 5.13 Å². The lowest BCUT2D eigenvalue weighted by atomic mass is 10.1. The lowest BCUT2D eigenvalue weighted by Crippen LogP contribution is -2.24. The minimum atomic E-state index is -0.536. The third kappa shape index (κ3) is 6.49. The van der Waals surface area contributed by atoms with Crippen LogP contribution in [-0.2, 0) is 9.53 Å². The fourth-order valence-electron chi connectivity index (χ4n) is 3.58. The number of aryl methyl sites for hydroxylation is 2. The Kier molecular flexibility index (Phi) is 8.37. The molecule has 3 aromatic heterocycles. The minimum absolute atomic E-state index is 0.0573. The number of nitrogens with one attached hydrogen (secondary N) is 2. The third-order valence-corrected chi connectivity index (χ3v) is 6.28. The number of nitriles is 1. The standard InChI is InChI=1S/C26H26N10O2S/c1-6-21(37)38-13-17(4)30-24-22(33-34-25-29-14-36(35-25)26-28-9-10-39-26)18(5)19(12-27)23(32-24)31-20-8-7-15(2)11-16(20)3/h6-11,14,17H,1,13H2,2-5H3,(H2,30,31,32). The number of azo groups is 1. The van der Waals surface area contributed by atoms with Crippen LogP contribution in [0.4, 0.5) is 29.0 Å². The number of hydrogen-bond acceptors (Lipinski definition) is 12. The van der Waals surface area contributed by atoms with Crippen molar-refractivity contribution < 1.29 is 9.53 Å². The molecular formula is C26H26N10O2S. The first-order valence-electron chi connectivity index (χ1n) is 11.9.